The number of piperidine rings is 1. The number of urea groups is 1. The molecule has 182 valence electrons. The monoisotopic (exact) mass is 464 g/mol. The Bertz CT molecular complexity index is 1030. The molecule has 7 nitrogen and oxygen atoms in total. The van der Waals surface area contributed by atoms with Crippen molar-refractivity contribution in [1.82, 2.24) is 9.80 Å². The van der Waals surface area contributed by atoms with Crippen LogP contribution in [0.1, 0.15) is 44.7 Å². The average molecular weight is 465 g/mol. The molecule has 2 aliphatic rings. The normalized spacial score (nSPS) is 17.8. The molecule has 3 amide bonds. The van der Waals surface area contributed by atoms with Crippen LogP contribution in [-0.2, 0) is 17.7 Å². The van der Waals surface area contributed by atoms with E-state index in [1.165, 1.54) is 11.3 Å². The third-order valence-corrected chi connectivity index (χ3v) is 6.52. The summed E-state index contributed by atoms with van der Waals surface area (Å²) in [4.78, 5) is 31.5. The molecule has 34 heavy (non-hydrogen) atoms. The van der Waals surface area contributed by atoms with Crippen LogP contribution in [0, 0.1) is 0 Å². The Labute approximate surface area is 202 Å². The average Bonchev–Trinajstić information content (AvgIpc) is 3.21. The summed E-state index contributed by atoms with van der Waals surface area (Å²) in [6, 6.07) is 16.3. The number of para-hydroxylation sites is 2. The summed E-state index contributed by atoms with van der Waals surface area (Å²) >= 11 is 0. The van der Waals surface area contributed by atoms with Gasteiger partial charge < -0.3 is 24.8 Å². The Kier molecular flexibility index (Phi) is 7.00. The van der Waals surface area contributed by atoms with Gasteiger partial charge in [-0.25, -0.2) is 9.59 Å². The molecule has 1 fully saturated rings. The summed E-state index contributed by atoms with van der Waals surface area (Å²) in [7, 11) is 1.75. The molecule has 0 aliphatic carbocycles. The van der Waals surface area contributed by atoms with E-state index in [4.69, 9.17) is 4.74 Å². The lowest BCUT2D eigenvalue weighted by atomic mass is 10.1. The number of ether oxygens (including phenoxy) is 1. The van der Waals surface area contributed by atoms with Crippen molar-refractivity contribution in [1.29, 1.82) is 0 Å². The molecule has 1 atom stereocenters. The number of anilines is 2. The number of likely N-dealkylation sites (N-methyl/N-ethyl adjacent to an activating group) is 1. The van der Waals surface area contributed by atoms with Gasteiger partial charge >= 0.3 is 12.1 Å². The molecule has 2 aliphatic heterocycles. The van der Waals surface area contributed by atoms with E-state index in [0.29, 0.717) is 13.1 Å². The standard InChI is InChI=1S/C27H36N4O3/c1-27(2,3)34-26(33)29(4)22-12-9-16-31(19-22)25(32)28-23-13-7-5-11-21(23)18-30-17-15-20-10-6-8-14-24(20)30/h5-8,10-11,13-14,22H,9,12,15-19H2,1-4H3,(H,28,32). The lowest BCUT2D eigenvalue weighted by Gasteiger charge is -2.38. The topological polar surface area (TPSA) is 65.1 Å². The molecule has 4 rings (SSSR count). The fraction of sp³-hybridized carbons (Fsp3) is 0.481. The molecule has 7 heteroatoms. The number of carbonyl (C=O) groups excluding carboxylic acids is 2. The Morgan fingerprint density at radius 1 is 1.09 bits per heavy atom. The molecule has 0 saturated carbocycles. The van der Waals surface area contributed by atoms with Gasteiger partial charge in [-0.05, 0) is 63.3 Å². The van der Waals surface area contributed by atoms with Crippen LogP contribution in [0.2, 0.25) is 0 Å². The van der Waals surface area contributed by atoms with Gasteiger partial charge in [0.15, 0.2) is 0 Å². The number of likely N-dealkylation sites (tertiary alicyclic amines) is 1. The summed E-state index contributed by atoms with van der Waals surface area (Å²) in [6.07, 6.45) is 2.39. The second kappa shape index (κ2) is 9.95. The lowest BCUT2D eigenvalue weighted by molar-refractivity contribution is 0.0158. The van der Waals surface area contributed by atoms with Gasteiger partial charge in [0.2, 0.25) is 0 Å². The number of rotatable bonds is 4. The molecular formula is C27H36N4O3. The van der Waals surface area contributed by atoms with E-state index in [9.17, 15) is 9.59 Å². The Balaban J connectivity index is 1.40. The van der Waals surface area contributed by atoms with Crippen molar-refractivity contribution >= 4 is 23.5 Å². The smallest absolute Gasteiger partial charge is 0.410 e. The second-order valence-electron chi connectivity index (χ2n) is 10.2. The molecule has 1 N–H and O–H groups in total. The van der Waals surface area contributed by atoms with Gasteiger partial charge in [-0.3, -0.25) is 0 Å². The predicted octanol–water partition coefficient (Wildman–Crippen LogP) is 5.11. The molecule has 0 radical (unpaired) electrons. The van der Waals surface area contributed by atoms with Crippen LogP contribution >= 0.6 is 0 Å². The van der Waals surface area contributed by atoms with Gasteiger partial charge in [-0.15, -0.1) is 0 Å². The highest BCUT2D eigenvalue weighted by Gasteiger charge is 2.31. The third-order valence-electron chi connectivity index (χ3n) is 6.52. The quantitative estimate of drug-likeness (QED) is 0.683. The molecule has 1 saturated heterocycles. The highest BCUT2D eigenvalue weighted by Crippen LogP contribution is 2.30. The van der Waals surface area contributed by atoms with E-state index in [1.807, 2.05) is 39.0 Å². The van der Waals surface area contributed by atoms with Crippen LogP contribution in [0.3, 0.4) is 0 Å². The van der Waals surface area contributed by atoms with Crippen LogP contribution in [0.15, 0.2) is 48.5 Å². The maximum absolute atomic E-state index is 13.2. The number of carbonyl (C=O) groups is 2. The largest absolute Gasteiger partial charge is 0.444 e. The maximum atomic E-state index is 13.2. The molecule has 1 unspecified atom stereocenters. The van der Waals surface area contributed by atoms with Crippen molar-refractivity contribution in [3.8, 4) is 0 Å². The van der Waals surface area contributed by atoms with Gasteiger partial charge in [0.1, 0.15) is 5.60 Å². The first-order valence-electron chi connectivity index (χ1n) is 12.1. The van der Waals surface area contributed by atoms with Crippen LogP contribution < -0.4 is 10.2 Å². The minimum absolute atomic E-state index is 0.0642. The first-order chi connectivity index (χ1) is 16.2. The number of nitrogens with one attached hydrogen (secondary N) is 1. The summed E-state index contributed by atoms with van der Waals surface area (Å²) in [6.45, 7) is 8.46. The molecule has 2 aromatic carbocycles. The van der Waals surface area contributed by atoms with Crippen molar-refractivity contribution in [3.05, 3.63) is 59.7 Å². The second-order valence-corrected chi connectivity index (χ2v) is 10.2. The third kappa shape index (κ3) is 5.64. The molecule has 2 heterocycles. The van der Waals surface area contributed by atoms with E-state index in [0.717, 1.165) is 43.6 Å². The minimum atomic E-state index is -0.545. The zero-order valence-electron chi connectivity index (χ0n) is 20.7. The van der Waals surface area contributed by atoms with Gasteiger partial charge in [0.25, 0.3) is 0 Å². The van der Waals surface area contributed by atoms with Crippen molar-refractivity contribution in [2.24, 2.45) is 0 Å². The highest BCUT2D eigenvalue weighted by molar-refractivity contribution is 5.90. The first kappa shape index (κ1) is 23.9. The van der Waals surface area contributed by atoms with Crippen molar-refractivity contribution in [3.63, 3.8) is 0 Å². The van der Waals surface area contributed by atoms with Crippen LogP contribution in [0.5, 0.6) is 0 Å². The van der Waals surface area contributed by atoms with E-state index >= 15 is 0 Å². The maximum Gasteiger partial charge on any atom is 0.410 e. The number of benzene rings is 2. The molecule has 0 aromatic heterocycles. The van der Waals surface area contributed by atoms with E-state index in [2.05, 4.69) is 40.5 Å². The summed E-state index contributed by atoms with van der Waals surface area (Å²) in [5.74, 6) is 0. The van der Waals surface area contributed by atoms with Crippen LogP contribution in [-0.4, -0.2) is 60.2 Å². The predicted molar refractivity (Wildman–Crippen MR) is 135 cm³/mol. The minimum Gasteiger partial charge on any atom is -0.444 e. The number of nitrogens with zero attached hydrogens (tertiary/aromatic N) is 3. The van der Waals surface area contributed by atoms with Gasteiger partial charge in [-0.2, -0.15) is 0 Å². The van der Waals surface area contributed by atoms with Crippen molar-refractivity contribution in [2.45, 2.75) is 58.2 Å². The van der Waals surface area contributed by atoms with Crippen molar-refractivity contribution in [2.75, 3.05) is 36.9 Å². The number of hydrogen-bond acceptors (Lipinski definition) is 4. The zero-order valence-corrected chi connectivity index (χ0v) is 20.7. The Morgan fingerprint density at radius 3 is 2.62 bits per heavy atom. The number of amides is 3. The Hall–Kier alpha value is -3.22. The number of fused-ring (bicyclic) bond motifs is 1. The first-order valence-corrected chi connectivity index (χ1v) is 12.1. The highest BCUT2D eigenvalue weighted by atomic mass is 16.6. The zero-order chi connectivity index (χ0) is 24.3. The molecular weight excluding hydrogens is 428 g/mol. The fourth-order valence-corrected chi connectivity index (χ4v) is 4.69. The van der Waals surface area contributed by atoms with Crippen molar-refractivity contribution < 1.29 is 14.3 Å². The molecule has 0 bridgehead atoms. The lowest BCUT2D eigenvalue weighted by Crippen LogP contribution is -2.52. The summed E-state index contributed by atoms with van der Waals surface area (Å²) < 4.78 is 5.51. The molecule has 2 aromatic rings. The van der Waals surface area contributed by atoms with E-state index in [-0.39, 0.29) is 18.2 Å². The fourth-order valence-electron chi connectivity index (χ4n) is 4.69. The van der Waals surface area contributed by atoms with Gasteiger partial charge in [-0.1, -0.05) is 36.4 Å². The summed E-state index contributed by atoms with van der Waals surface area (Å²) in [5, 5.41) is 3.13. The van der Waals surface area contributed by atoms with Gasteiger partial charge in [0.05, 0.1) is 6.04 Å². The number of hydrogen-bond donors (Lipinski definition) is 1. The van der Waals surface area contributed by atoms with E-state index < -0.39 is 5.60 Å². The van der Waals surface area contributed by atoms with E-state index in [1.54, 1.807) is 16.8 Å². The van der Waals surface area contributed by atoms with Crippen LogP contribution in [0.4, 0.5) is 21.0 Å². The van der Waals surface area contributed by atoms with Crippen LogP contribution in [0.25, 0.3) is 0 Å². The summed E-state index contributed by atoms with van der Waals surface area (Å²) in [5.41, 5.74) is 4.02. The Morgan fingerprint density at radius 2 is 1.82 bits per heavy atom. The molecule has 0 spiro atoms. The van der Waals surface area contributed by atoms with Gasteiger partial charge in [0, 0.05) is 44.6 Å². The SMILES string of the molecule is CN(C(=O)OC(C)(C)C)C1CCCN(C(=O)Nc2ccccc2CN2CCc3ccccc32)C1.